The molecule has 4 aromatic rings. The monoisotopic (exact) mass is 678 g/mol. The van der Waals surface area contributed by atoms with Crippen LogP contribution in [0.5, 0.6) is 0 Å². The van der Waals surface area contributed by atoms with Gasteiger partial charge in [-0.05, 0) is 99.0 Å². The van der Waals surface area contributed by atoms with E-state index >= 15 is 0 Å². The Balaban J connectivity index is 1.31. The Labute approximate surface area is 289 Å². The van der Waals surface area contributed by atoms with Crippen molar-refractivity contribution in [3.8, 4) is 0 Å². The van der Waals surface area contributed by atoms with Crippen LogP contribution < -0.4 is 10.2 Å². The van der Waals surface area contributed by atoms with Crippen molar-refractivity contribution in [2.24, 2.45) is 0 Å². The minimum Gasteiger partial charge on any atom is -0.388 e. The summed E-state index contributed by atoms with van der Waals surface area (Å²) in [7, 11) is -0.300. The van der Waals surface area contributed by atoms with E-state index in [2.05, 4.69) is 112 Å². The van der Waals surface area contributed by atoms with Crippen LogP contribution in [-0.4, -0.2) is 27.1 Å². The molecule has 7 heteroatoms. The Morgan fingerprint density at radius 2 is 1.73 bits per heavy atom. The quantitative estimate of drug-likeness (QED) is 0.150. The zero-order valence-electron chi connectivity index (χ0n) is 28.5. The van der Waals surface area contributed by atoms with Gasteiger partial charge in [-0.1, -0.05) is 107 Å². The largest absolute Gasteiger partial charge is 0.388 e. The fourth-order valence-electron chi connectivity index (χ4n) is 7.50. The summed E-state index contributed by atoms with van der Waals surface area (Å²) in [5.41, 5.74) is 8.17. The summed E-state index contributed by atoms with van der Waals surface area (Å²) in [4.78, 5) is 2.18. The van der Waals surface area contributed by atoms with Crippen molar-refractivity contribution >= 4 is 54.6 Å². The predicted molar refractivity (Wildman–Crippen MR) is 203 cm³/mol. The number of benzene rings is 4. The van der Waals surface area contributed by atoms with Gasteiger partial charge in [0, 0.05) is 47.0 Å². The van der Waals surface area contributed by atoms with Gasteiger partial charge in [0.2, 0.25) is 0 Å². The van der Waals surface area contributed by atoms with Crippen LogP contribution in [0.15, 0.2) is 130 Å². The van der Waals surface area contributed by atoms with Crippen molar-refractivity contribution in [1.82, 2.24) is 0 Å². The molecule has 2 aliphatic rings. The molecule has 0 amide bonds. The highest BCUT2D eigenvalue weighted by Crippen LogP contribution is 2.50. The molecule has 1 aliphatic heterocycles. The number of allylic oxidation sites excluding steroid dienone is 9. The summed E-state index contributed by atoms with van der Waals surface area (Å²) in [6.45, 7) is 13.3. The van der Waals surface area contributed by atoms with Crippen LogP contribution in [-0.2, 0) is 20.9 Å². The first-order valence-corrected chi connectivity index (χ1v) is 18.1. The molecular formula is C41H43ClN2O3S. The van der Waals surface area contributed by atoms with Gasteiger partial charge in [0.1, 0.15) is 0 Å². The Morgan fingerprint density at radius 3 is 2.46 bits per heavy atom. The van der Waals surface area contributed by atoms with Crippen LogP contribution in [0.2, 0.25) is 0 Å². The van der Waals surface area contributed by atoms with Crippen LogP contribution in [0.3, 0.4) is 0 Å². The molecule has 48 heavy (non-hydrogen) atoms. The van der Waals surface area contributed by atoms with Crippen molar-refractivity contribution in [2.75, 3.05) is 24.3 Å². The number of nitrogens with zero attached hydrogens (tertiary/aromatic N) is 1. The summed E-state index contributed by atoms with van der Waals surface area (Å²) in [6.07, 6.45) is 11.4. The van der Waals surface area contributed by atoms with Gasteiger partial charge in [-0.3, -0.25) is 4.55 Å². The fraction of sp³-hybridized carbons (Fsp3) is 0.268. The second-order valence-electron chi connectivity index (χ2n) is 13.9. The number of rotatable bonds is 7. The van der Waals surface area contributed by atoms with E-state index in [1.165, 1.54) is 39.9 Å². The van der Waals surface area contributed by atoms with Gasteiger partial charge in [-0.15, -0.1) is 0 Å². The van der Waals surface area contributed by atoms with Crippen molar-refractivity contribution < 1.29 is 13.0 Å². The first-order chi connectivity index (χ1) is 22.7. The molecule has 5 nitrogen and oxygen atoms in total. The first kappa shape index (κ1) is 33.8. The molecule has 1 heterocycles. The van der Waals surface area contributed by atoms with Gasteiger partial charge >= 0.3 is 0 Å². The molecule has 0 atom stereocenters. The average Bonchev–Trinajstić information content (AvgIpc) is 3.25. The molecule has 0 spiro atoms. The van der Waals surface area contributed by atoms with E-state index in [-0.39, 0.29) is 10.3 Å². The summed E-state index contributed by atoms with van der Waals surface area (Å²) in [5.74, 6) is 0. The smallest absolute Gasteiger partial charge is 0.294 e. The Kier molecular flexibility index (Phi) is 8.74. The molecular weight excluding hydrogens is 636 g/mol. The lowest BCUT2D eigenvalue weighted by molar-refractivity contribution is 0.483. The van der Waals surface area contributed by atoms with E-state index in [1.54, 1.807) is 6.07 Å². The summed E-state index contributed by atoms with van der Waals surface area (Å²) in [6, 6.07) is 21.5. The van der Waals surface area contributed by atoms with E-state index in [4.69, 9.17) is 11.6 Å². The molecule has 0 fully saturated rings. The molecule has 0 saturated heterocycles. The van der Waals surface area contributed by atoms with Gasteiger partial charge in [-0.2, -0.15) is 8.42 Å². The maximum absolute atomic E-state index is 11.8. The highest BCUT2D eigenvalue weighted by atomic mass is 35.5. The molecule has 248 valence electrons. The fourth-order valence-corrected chi connectivity index (χ4v) is 8.33. The average molecular weight is 679 g/mol. The highest BCUT2D eigenvalue weighted by Gasteiger charge is 2.39. The number of halogens is 1. The van der Waals surface area contributed by atoms with Crippen molar-refractivity contribution in [3.05, 3.63) is 136 Å². The predicted octanol–water partition coefficient (Wildman–Crippen LogP) is 10.6. The Bertz CT molecular complexity index is 2220. The second-order valence-corrected chi connectivity index (χ2v) is 15.7. The van der Waals surface area contributed by atoms with Gasteiger partial charge in [0.25, 0.3) is 10.1 Å². The maximum Gasteiger partial charge on any atom is 0.294 e. The Hall–Kier alpha value is -4.10. The van der Waals surface area contributed by atoms with Gasteiger partial charge < -0.3 is 10.2 Å². The summed E-state index contributed by atoms with van der Waals surface area (Å²) >= 11 is 7.11. The number of fused-ring (bicyclic) bond motifs is 4. The lowest BCUT2D eigenvalue weighted by atomic mass is 9.75. The molecule has 4 aromatic carbocycles. The van der Waals surface area contributed by atoms with Crippen LogP contribution in [0.1, 0.15) is 58.1 Å². The SMILES string of the molecule is C=C(/C=C/C1=C(Cl)C(=C/C=C2/N(C)c3ccc4ccccc4c3C2(C)C)/CCC1)C(C)(C)c1c(NC)ccc2cc(S(=O)(=O)O)ccc12. The number of hydrogen-bond donors (Lipinski definition) is 2. The van der Waals surface area contributed by atoms with E-state index in [0.717, 1.165) is 63.0 Å². The second kappa shape index (κ2) is 12.4. The Morgan fingerprint density at radius 1 is 1.00 bits per heavy atom. The van der Waals surface area contributed by atoms with E-state index in [9.17, 15) is 13.0 Å². The zero-order valence-corrected chi connectivity index (χ0v) is 30.1. The van der Waals surface area contributed by atoms with Crippen molar-refractivity contribution in [1.29, 1.82) is 0 Å². The molecule has 0 radical (unpaired) electrons. The van der Waals surface area contributed by atoms with Crippen molar-refractivity contribution in [3.63, 3.8) is 0 Å². The van der Waals surface area contributed by atoms with Gasteiger partial charge in [0.15, 0.2) is 0 Å². The maximum atomic E-state index is 11.8. The molecule has 2 N–H and O–H groups in total. The molecule has 6 rings (SSSR count). The minimum absolute atomic E-state index is 0.130. The lowest BCUT2D eigenvalue weighted by Crippen LogP contribution is -2.22. The number of anilines is 2. The molecule has 0 bridgehead atoms. The third-order valence-electron chi connectivity index (χ3n) is 10.3. The van der Waals surface area contributed by atoms with E-state index in [0.29, 0.717) is 0 Å². The third-order valence-corrected chi connectivity index (χ3v) is 11.6. The number of nitrogens with one attached hydrogen (secondary N) is 1. The number of likely N-dealkylation sites (N-methyl/N-ethyl adjacent to an activating group) is 1. The highest BCUT2D eigenvalue weighted by molar-refractivity contribution is 7.85. The summed E-state index contributed by atoms with van der Waals surface area (Å²) < 4.78 is 33.2. The standard InChI is InChI=1S/C41H43ClN2O3S/c1-26(40(2,3)37-33-21-20-31(48(45,46)47)25-30(33)17-22-34(37)43-6)15-16-28-12-10-13-29(39(28)42)19-24-36-41(4,5)38-32-14-9-8-11-27(32)18-23-35(38)44(36)7/h8-9,11,14-25,43H,1,10,12-13H2,2-7H3,(H,45,46,47)/b16-15+,29-19+,36-24+. The molecule has 0 saturated carbocycles. The zero-order chi connectivity index (χ0) is 34.6. The van der Waals surface area contributed by atoms with Crippen LogP contribution in [0.25, 0.3) is 21.5 Å². The normalized spacial score (nSPS) is 18.5. The minimum atomic E-state index is -4.32. The van der Waals surface area contributed by atoms with Crippen LogP contribution in [0, 0.1) is 0 Å². The van der Waals surface area contributed by atoms with Crippen LogP contribution in [0.4, 0.5) is 11.4 Å². The molecule has 1 aliphatic carbocycles. The van der Waals surface area contributed by atoms with Crippen LogP contribution >= 0.6 is 11.6 Å². The number of hydrogen-bond acceptors (Lipinski definition) is 4. The van der Waals surface area contributed by atoms with Gasteiger partial charge in [-0.25, -0.2) is 0 Å². The first-order valence-electron chi connectivity index (χ1n) is 16.3. The topological polar surface area (TPSA) is 69.6 Å². The van der Waals surface area contributed by atoms with E-state index < -0.39 is 15.5 Å². The van der Waals surface area contributed by atoms with Gasteiger partial charge in [0.05, 0.1) is 4.90 Å². The molecule has 0 aromatic heterocycles. The van der Waals surface area contributed by atoms with Crippen molar-refractivity contribution in [2.45, 2.75) is 62.7 Å². The molecule has 0 unspecified atom stereocenters. The third kappa shape index (κ3) is 5.80. The summed E-state index contributed by atoms with van der Waals surface area (Å²) in [5, 5.41) is 8.24. The van der Waals surface area contributed by atoms with E-state index in [1.807, 2.05) is 19.2 Å². The lowest BCUT2D eigenvalue weighted by Gasteiger charge is -2.30.